The van der Waals surface area contributed by atoms with Crippen molar-refractivity contribution in [1.82, 2.24) is 0 Å². The Hall–Kier alpha value is -1.05. The van der Waals surface area contributed by atoms with Crippen LogP contribution in [0.25, 0.3) is 0 Å². The lowest BCUT2D eigenvalue weighted by Crippen LogP contribution is -2.48. The summed E-state index contributed by atoms with van der Waals surface area (Å²) in [6.45, 7) is 8.89. The fraction of sp³-hybridized carbons (Fsp3) is 0.500. The van der Waals surface area contributed by atoms with Crippen molar-refractivity contribution >= 4 is 0 Å². The highest BCUT2D eigenvalue weighted by atomic mass is 16.7. The topological polar surface area (TPSA) is 13.1 Å². The lowest BCUT2D eigenvalue weighted by Gasteiger charge is -2.01. The van der Waals surface area contributed by atoms with Gasteiger partial charge in [-0.05, 0) is 19.4 Å². The van der Waals surface area contributed by atoms with Gasteiger partial charge in [-0.2, -0.15) is 0 Å². The summed E-state index contributed by atoms with van der Waals surface area (Å²) in [7, 11) is 0. The van der Waals surface area contributed by atoms with E-state index in [1.165, 1.54) is 5.56 Å². The van der Waals surface area contributed by atoms with Crippen molar-refractivity contribution in [2.75, 3.05) is 6.61 Å². The lowest BCUT2D eigenvalue weighted by molar-refractivity contribution is -0.898. The third kappa shape index (κ3) is 1.76. The fourth-order valence-corrected chi connectivity index (χ4v) is 1.43. The van der Waals surface area contributed by atoms with Gasteiger partial charge in [0.15, 0.2) is 6.61 Å². The summed E-state index contributed by atoms with van der Waals surface area (Å²) in [4.78, 5) is 5.44. The molecule has 0 amide bonds. The van der Waals surface area contributed by atoms with Gasteiger partial charge in [0.25, 0.3) is 0 Å². The first-order valence-electron chi connectivity index (χ1n) is 4.28. The summed E-state index contributed by atoms with van der Waals surface area (Å²) < 4.78 is 1.87. The van der Waals surface area contributed by atoms with Gasteiger partial charge in [-0.3, -0.25) is 4.84 Å². The Morgan fingerprint density at radius 1 is 1.17 bits per heavy atom. The Bertz CT molecular complexity index is 258. The van der Waals surface area contributed by atoms with Crippen molar-refractivity contribution < 1.29 is 9.57 Å². The molecule has 0 atom stereocenters. The Labute approximate surface area is 73.8 Å². The van der Waals surface area contributed by atoms with Crippen LogP contribution in [0.2, 0.25) is 0 Å². The molecule has 12 heavy (non-hydrogen) atoms. The third-order valence-electron chi connectivity index (χ3n) is 1.77. The van der Waals surface area contributed by atoms with Gasteiger partial charge in [0.05, 0.1) is 0 Å². The van der Waals surface area contributed by atoms with Crippen LogP contribution in [0.5, 0.6) is 0 Å². The van der Waals surface area contributed by atoms with Crippen LogP contribution in [0.1, 0.15) is 23.9 Å². The van der Waals surface area contributed by atoms with Gasteiger partial charge < -0.3 is 0 Å². The molecule has 1 aromatic rings. The summed E-state index contributed by atoms with van der Waals surface area (Å²) in [5.41, 5.74) is 3.57. The maximum Gasteiger partial charge on any atom is 0.231 e. The molecule has 0 aliphatic rings. The summed E-state index contributed by atoms with van der Waals surface area (Å²) in [6.07, 6.45) is 0. The monoisotopic (exact) mass is 166 g/mol. The quantitative estimate of drug-likeness (QED) is 0.604. The molecular formula is C10H16NO+. The minimum Gasteiger partial charge on any atom is -0.271 e. The number of pyridine rings is 1. The number of nitrogens with zero attached hydrogens (tertiary/aromatic N) is 1. The van der Waals surface area contributed by atoms with Crippen LogP contribution < -0.4 is 9.57 Å². The zero-order valence-corrected chi connectivity index (χ0v) is 8.22. The van der Waals surface area contributed by atoms with Crippen LogP contribution in [0.3, 0.4) is 0 Å². The van der Waals surface area contributed by atoms with Gasteiger partial charge in [-0.1, -0.05) is 0 Å². The minimum absolute atomic E-state index is 0.704. The van der Waals surface area contributed by atoms with Crippen LogP contribution in [0, 0.1) is 20.8 Å². The van der Waals surface area contributed by atoms with Crippen molar-refractivity contribution in [3.8, 4) is 0 Å². The van der Waals surface area contributed by atoms with E-state index in [1.54, 1.807) is 0 Å². The average Bonchev–Trinajstić information content (AvgIpc) is 1.96. The van der Waals surface area contributed by atoms with Crippen molar-refractivity contribution in [2.24, 2.45) is 0 Å². The molecule has 2 heteroatoms. The van der Waals surface area contributed by atoms with E-state index in [2.05, 4.69) is 32.9 Å². The van der Waals surface area contributed by atoms with Crippen LogP contribution >= 0.6 is 0 Å². The Kier molecular flexibility index (Phi) is 2.69. The number of rotatable bonds is 2. The Morgan fingerprint density at radius 2 is 1.67 bits per heavy atom. The predicted molar refractivity (Wildman–Crippen MR) is 48.0 cm³/mol. The molecule has 0 N–H and O–H groups in total. The molecular weight excluding hydrogens is 150 g/mol. The molecule has 0 saturated heterocycles. The largest absolute Gasteiger partial charge is 0.271 e. The molecule has 0 spiro atoms. The molecule has 0 aliphatic heterocycles. The van der Waals surface area contributed by atoms with Crippen molar-refractivity contribution in [1.29, 1.82) is 0 Å². The van der Waals surface area contributed by atoms with Crippen LogP contribution in [0.15, 0.2) is 12.1 Å². The standard InChI is InChI=1S/C10H16NO/c1-5-12-11-9(3)6-8(2)7-10(11)4/h6-7H,5H2,1-4H3/q+1. The molecule has 1 aromatic heterocycles. The second-order valence-corrected chi connectivity index (χ2v) is 3.03. The summed E-state index contributed by atoms with van der Waals surface area (Å²) in [6, 6.07) is 4.23. The zero-order chi connectivity index (χ0) is 9.14. The maximum atomic E-state index is 5.44. The second-order valence-electron chi connectivity index (χ2n) is 3.03. The molecule has 2 nitrogen and oxygen atoms in total. The maximum absolute atomic E-state index is 5.44. The second kappa shape index (κ2) is 3.57. The van der Waals surface area contributed by atoms with E-state index in [-0.39, 0.29) is 0 Å². The molecule has 0 saturated carbocycles. The van der Waals surface area contributed by atoms with E-state index in [1.807, 2.05) is 11.7 Å². The zero-order valence-electron chi connectivity index (χ0n) is 8.22. The minimum atomic E-state index is 0.704. The van der Waals surface area contributed by atoms with Gasteiger partial charge in [0, 0.05) is 30.7 Å². The highest BCUT2D eigenvalue weighted by Gasteiger charge is 2.11. The number of aromatic nitrogens is 1. The van der Waals surface area contributed by atoms with E-state index < -0.39 is 0 Å². The van der Waals surface area contributed by atoms with E-state index in [4.69, 9.17) is 4.84 Å². The fourth-order valence-electron chi connectivity index (χ4n) is 1.43. The normalized spacial score (nSPS) is 10.0. The molecule has 0 bridgehead atoms. The van der Waals surface area contributed by atoms with Gasteiger partial charge in [0.2, 0.25) is 11.4 Å². The van der Waals surface area contributed by atoms with Crippen LogP contribution in [-0.4, -0.2) is 6.61 Å². The Balaban J connectivity index is 3.10. The highest BCUT2D eigenvalue weighted by Crippen LogP contribution is 2.00. The molecule has 66 valence electrons. The molecule has 0 fully saturated rings. The molecule has 1 heterocycles. The molecule has 0 radical (unpaired) electrons. The molecule has 0 unspecified atom stereocenters. The van der Waals surface area contributed by atoms with Crippen molar-refractivity contribution in [3.63, 3.8) is 0 Å². The van der Waals surface area contributed by atoms with Gasteiger partial charge >= 0.3 is 0 Å². The number of hydrogen-bond acceptors (Lipinski definition) is 1. The first-order chi connectivity index (χ1) is 5.65. The lowest BCUT2D eigenvalue weighted by atomic mass is 10.2. The van der Waals surface area contributed by atoms with Crippen LogP contribution in [0.4, 0.5) is 0 Å². The van der Waals surface area contributed by atoms with Gasteiger partial charge in [-0.25, -0.2) is 0 Å². The molecule has 0 aliphatic carbocycles. The van der Waals surface area contributed by atoms with Crippen LogP contribution in [-0.2, 0) is 0 Å². The number of hydrogen-bond donors (Lipinski definition) is 0. The highest BCUT2D eigenvalue weighted by molar-refractivity contribution is 5.13. The molecule has 1 rings (SSSR count). The summed E-state index contributed by atoms with van der Waals surface area (Å²) >= 11 is 0. The van der Waals surface area contributed by atoms with E-state index in [9.17, 15) is 0 Å². The van der Waals surface area contributed by atoms with E-state index in [0.29, 0.717) is 6.61 Å². The summed E-state index contributed by atoms with van der Waals surface area (Å²) in [5.74, 6) is 0. The first-order valence-corrected chi connectivity index (χ1v) is 4.28. The number of aryl methyl sites for hydroxylation is 3. The first kappa shape index (κ1) is 9.04. The van der Waals surface area contributed by atoms with Gasteiger partial charge in [0.1, 0.15) is 0 Å². The predicted octanol–water partition coefficient (Wildman–Crippen LogP) is 1.35. The van der Waals surface area contributed by atoms with E-state index in [0.717, 1.165) is 11.4 Å². The summed E-state index contributed by atoms with van der Waals surface area (Å²) in [5, 5.41) is 0. The Morgan fingerprint density at radius 3 is 2.08 bits per heavy atom. The third-order valence-corrected chi connectivity index (χ3v) is 1.77. The van der Waals surface area contributed by atoms with Crippen molar-refractivity contribution in [3.05, 3.63) is 29.1 Å². The average molecular weight is 166 g/mol. The SMILES string of the molecule is CCO[n+]1c(C)cc(C)cc1C. The van der Waals surface area contributed by atoms with Crippen molar-refractivity contribution in [2.45, 2.75) is 27.7 Å². The van der Waals surface area contributed by atoms with Gasteiger partial charge in [-0.15, -0.1) is 0 Å². The van der Waals surface area contributed by atoms with E-state index >= 15 is 0 Å². The molecule has 0 aromatic carbocycles. The smallest absolute Gasteiger partial charge is 0.231 e.